The lowest BCUT2D eigenvalue weighted by molar-refractivity contribution is 0.716. The number of hydrogen-bond acceptors (Lipinski definition) is 0. The summed E-state index contributed by atoms with van der Waals surface area (Å²) in [4.78, 5) is 0. The minimum Gasteiger partial charge on any atom is -0.0727 e. The van der Waals surface area contributed by atoms with Crippen LogP contribution in [-0.2, 0) is 10.8 Å². The molecule has 0 heterocycles. The molecule has 0 nitrogen and oxygen atoms in total. The Kier molecular flexibility index (Phi) is 1.50. The Hall–Kier alpha value is -2.08. The van der Waals surface area contributed by atoms with Crippen LogP contribution in [0.15, 0.2) is 72.8 Å². The Morgan fingerprint density at radius 3 is 1.63 bits per heavy atom. The Balaban J connectivity index is 1.95. The maximum atomic E-state index is 2.42. The molecule has 2 atom stereocenters. The van der Waals surface area contributed by atoms with Crippen LogP contribution in [0.4, 0.5) is 0 Å². The van der Waals surface area contributed by atoms with Crippen molar-refractivity contribution in [2.45, 2.75) is 17.3 Å². The third-order valence-electron chi connectivity index (χ3n) is 5.21. The van der Waals surface area contributed by atoms with Crippen LogP contribution < -0.4 is 0 Å². The first-order chi connectivity index (χ1) is 9.37. The molecule has 90 valence electrons. The molecule has 0 spiro atoms. The zero-order valence-corrected chi connectivity index (χ0v) is 10.6. The average molecular weight is 242 g/mol. The van der Waals surface area contributed by atoms with E-state index in [1.54, 1.807) is 0 Å². The Morgan fingerprint density at radius 1 is 0.632 bits per heavy atom. The summed E-state index contributed by atoms with van der Waals surface area (Å²) < 4.78 is 0. The second-order valence-corrected chi connectivity index (χ2v) is 5.93. The van der Waals surface area contributed by atoms with Crippen molar-refractivity contribution >= 4 is 0 Å². The molecule has 3 aliphatic carbocycles. The first kappa shape index (κ1) is 9.80. The van der Waals surface area contributed by atoms with Crippen LogP contribution in [0.1, 0.15) is 17.5 Å². The Labute approximate surface area is 113 Å². The largest absolute Gasteiger partial charge is 0.0727 e. The zero-order chi connectivity index (χ0) is 12.5. The van der Waals surface area contributed by atoms with E-state index in [1.165, 1.54) is 28.7 Å². The van der Waals surface area contributed by atoms with Crippen molar-refractivity contribution in [3.8, 4) is 11.1 Å². The number of hydrogen-bond donors (Lipinski definition) is 0. The van der Waals surface area contributed by atoms with Crippen molar-refractivity contribution in [3.63, 3.8) is 0 Å². The van der Waals surface area contributed by atoms with Gasteiger partial charge in [0.15, 0.2) is 0 Å². The highest BCUT2D eigenvalue weighted by Crippen LogP contribution is 2.73. The van der Waals surface area contributed by atoms with Gasteiger partial charge in [0, 0.05) is 10.8 Å². The first-order valence-corrected chi connectivity index (χ1v) is 6.94. The van der Waals surface area contributed by atoms with Crippen LogP contribution >= 0.6 is 0 Å². The summed E-state index contributed by atoms with van der Waals surface area (Å²) in [5.74, 6) is 0. The molecular weight excluding hydrogens is 228 g/mol. The standard InChI is InChI=1S/C19H14/c1-3-9-16-14(7-1)15-8-2-4-10-17(15)19-12-6-5-11-18(16,19)13-19/h1-12H,13H2. The summed E-state index contributed by atoms with van der Waals surface area (Å²) in [6.07, 6.45) is 10.5. The molecule has 19 heavy (non-hydrogen) atoms. The van der Waals surface area contributed by atoms with E-state index in [1.807, 2.05) is 0 Å². The topological polar surface area (TPSA) is 0 Å². The number of rotatable bonds is 0. The molecule has 5 rings (SSSR count). The molecule has 0 aromatic heterocycles. The molecule has 1 fully saturated rings. The average Bonchev–Trinajstić information content (AvgIpc) is 3.20. The lowest BCUT2D eigenvalue weighted by Crippen LogP contribution is -2.25. The van der Waals surface area contributed by atoms with Crippen LogP contribution in [0.3, 0.4) is 0 Å². The van der Waals surface area contributed by atoms with Gasteiger partial charge in [-0.3, -0.25) is 0 Å². The summed E-state index contributed by atoms with van der Waals surface area (Å²) in [5, 5.41) is 0. The van der Waals surface area contributed by atoms with Crippen molar-refractivity contribution in [1.82, 2.24) is 0 Å². The first-order valence-electron chi connectivity index (χ1n) is 6.94. The fourth-order valence-corrected chi connectivity index (χ4v) is 4.32. The predicted molar refractivity (Wildman–Crippen MR) is 78.1 cm³/mol. The molecular formula is C19H14. The van der Waals surface area contributed by atoms with Crippen LogP contribution in [0.5, 0.6) is 0 Å². The molecule has 0 bridgehead atoms. The summed E-state index contributed by atoms with van der Waals surface area (Å²) in [7, 11) is 0. The van der Waals surface area contributed by atoms with Gasteiger partial charge in [-0.15, -0.1) is 0 Å². The Bertz CT molecular complexity index is 700. The summed E-state index contributed by atoms with van der Waals surface area (Å²) in [6.45, 7) is 0. The third-order valence-corrected chi connectivity index (χ3v) is 5.21. The van der Waals surface area contributed by atoms with Gasteiger partial charge in [0.25, 0.3) is 0 Å². The van der Waals surface area contributed by atoms with E-state index in [4.69, 9.17) is 0 Å². The van der Waals surface area contributed by atoms with Crippen LogP contribution in [0, 0.1) is 0 Å². The van der Waals surface area contributed by atoms with Crippen molar-refractivity contribution in [1.29, 1.82) is 0 Å². The van der Waals surface area contributed by atoms with Crippen LogP contribution in [0.2, 0.25) is 0 Å². The van der Waals surface area contributed by atoms with Gasteiger partial charge in [-0.1, -0.05) is 72.8 Å². The minimum absolute atomic E-state index is 0.229. The third kappa shape index (κ3) is 0.920. The van der Waals surface area contributed by atoms with E-state index in [2.05, 4.69) is 72.8 Å². The van der Waals surface area contributed by atoms with Gasteiger partial charge in [-0.05, 0) is 28.7 Å². The molecule has 0 saturated heterocycles. The van der Waals surface area contributed by atoms with E-state index in [0.717, 1.165) is 0 Å². The molecule has 2 aromatic carbocycles. The zero-order valence-electron chi connectivity index (χ0n) is 10.6. The molecule has 1 saturated carbocycles. The normalized spacial score (nSPS) is 32.0. The van der Waals surface area contributed by atoms with Gasteiger partial charge in [0.1, 0.15) is 0 Å². The van der Waals surface area contributed by atoms with Crippen molar-refractivity contribution in [3.05, 3.63) is 84.0 Å². The van der Waals surface area contributed by atoms with Gasteiger partial charge in [-0.25, -0.2) is 0 Å². The quantitative estimate of drug-likeness (QED) is 0.643. The van der Waals surface area contributed by atoms with E-state index in [-0.39, 0.29) is 10.8 Å². The fraction of sp³-hybridized carbons (Fsp3) is 0.158. The Morgan fingerprint density at radius 2 is 1.11 bits per heavy atom. The van der Waals surface area contributed by atoms with E-state index < -0.39 is 0 Å². The van der Waals surface area contributed by atoms with Gasteiger partial charge in [-0.2, -0.15) is 0 Å². The summed E-state index contributed by atoms with van der Waals surface area (Å²) in [6, 6.07) is 17.9. The highest BCUT2D eigenvalue weighted by molar-refractivity contribution is 5.84. The minimum atomic E-state index is 0.229. The van der Waals surface area contributed by atoms with Gasteiger partial charge < -0.3 is 0 Å². The van der Waals surface area contributed by atoms with Gasteiger partial charge in [0.05, 0.1) is 0 Å². The van der Waals surface area contributed by atoms with Crippen LogP contribution in [0.25, 0.3) is 11.1 Å². The molecule has 0 N–H and O–H groups in total. The number of benzene rings is 2. The van der Waals surface area contributed by atoms with E-state index >= 15 is 0 Å². The predicted octanol–water partition coefficient (Wildman–Crippen LogP) is 4.37. The summed E-state index contributed by atoms with van der Waals surface area (Å²) >= 11 is 0. The molecule has 0 heteroatoms. The number of allylic oxidation sites excluding steroid dienone is 4. The van der Waals surface area contributed by atoms with E-state index in [0.29, 0.717) is 0 Å². The lowest BCUT2D eigenvalue weighted by atomic mass is 9.70. The highest BCUT2D eigenvalue weighted by atomic mass is 14.7. The molecule has 2 aromatic rings. The highest BCUT2D eigenvalue weighted by Gasteiger charge is 2.69. The molecule has 0 aliphatic heterocycles. The van der Waals surface area contributed by atoms with Gasteiger partial charge >= 0.3 is 0 Å². The lowest BCUT2D eigenvalue weighted by Gasteiger charge is -2.33. The van der Waals surface area contributed by atoms with E-state index in [9.17, 15) is 0 Å². The van der Waals surface area contributed by atoms with Crippen molar-refractivity contribution in [2.24, 2.45) is 0 Å². The van der Waals surface area contributed by atoms with Gasteiger partial charge in [0.2, 0.25) is 0 Å². The molecule has 0 radical (unpaired) electrons. The fourth-order valence-electron chi connectivity index (χ4n) is 4.32. The van der Waals surface area contributed by atoms with Crippen molar-refractivity contribution in [2.75, 3.05) is 0 Å². The van der Waals surface area contributed by atoms with Crippen LogP contribution in [-0.4, -0.2) is 0 Å². The maximum absolute atomic E-state index is 2.42. The molecule has 0 amide bonds. The second kappa shape index (κ2) is 2.91. The smallest absolute Gasteiger partial charge is 0.0285 e. The maximum Gasteiger partial charge on any atom is 0.0285 e. The number of fused-ring (bicyclic) bond motifs is 3. The molecule has 3 aliphatic rings. The monoisotopic (exact) mass is 242 g/mol. The second-order valence-electron chi connectivity index (χ2n) is 5.93. The SMILES string of the molecule is C1=CC23CC2(C=C1)c1ccccc1-c1ccccc13. The molecule has 2 unspecified atom stereocenters. The summed E-state index contributed by atoms with van der Waals surface area (Å²) in [5.41, 5.74) is 6.32. The van der Waals surface area contributed by atoms with Crippen molar-refractivity contribution < 1.29 is 0 Å².